The van der Waals surface area contributed by atoms with Crippen molar-refractivity contribution >= 4 is 47.3 Å². The number of likely N-dealkylation sites (tertiary alicyclic amines) is 2. The number of aliphatic carboxylic acids is 1. The Balaban J connectivity index is 0.000000243. The van der Waals surface area contributed by atoms with Crippen LogP contribution < -0.4 is 9.80 Å². The molecule has 10 heteroatoms. The zero-order valence-electron chi connectivity index (χ0n) is 38.5. The predicted molar refractivity (Wildman–Crippen MR) is 259 cm³/mol. The normalized spacial score (nSPS) is 15.4. The van der Waals surface area contributed by atoms with Gasteiger partial charge in [0.15, 0.2) is 0 Å². The highest BCUT2D eigenvalue weighted by Crippen LogP contribution is 2.26. The molecule has 64 heavy (non-hydrogen) atoms. The van der Waals surface area contributed by atoms with Crippen LogP contribution in [0, 0.1) is 0 Å². The van der Waals surface area contributed by atoms with Crippen LogP contribution in [-0.2, 0) is 36.8 Å². The maximum atomic E-state index is 12.7. The Hall–Kier alpha value is -5.84. The van der Waals surface area contributed by atoms with E-state index in [1.807, 2.05) is 129 Å². The molecule has 4 aromatic carbocycles. The molecular weight excluding hydrogens is 801 g/mol. The van der Waals surface area contributed by atoms with E-state index < -0.39 is 11.6 Å². The van der Waals surface area contributed by atoms with Gasteiger partial charge in [0, 0.05) is 87.7 Å². The van der Waals surface area contributed by atoms with Crippen LogP contribution in [-0.4, -0.2) is 95.6 Å². The number of hydrogen-bond donors (Lipinski definition) is 1. The second-order valence-electron chi connectivity index (χ2n) is 17.6. The highest BCUT2D eigenvalue weighted by Gasteiger charge is 2.29. The molecule has 2 fully saturated rings. The van der Waals surface area contributed by atoms with Crippen LogP contribution in [0.4, 0.5) is 11.4 Å². The van der Waals surface area contributed by atoms with E-state index in [0.717, 1.165) is 106 Å². The molecule has 0 spiro atoms. The zero-order chi connectivity index (χ0) is 45.9. The lowest BCUT2D eigenvalue weighted by atomic mass is 10.0. The first kappa shape index (κ1) is 49.2. The number of carboxylic acid groups (broad SMARTS) is 1. The number of para-hydroxylation sites is 2. The van der Waals surface area contributed by atoms with Crippen molar-refractivity contribution in [1.29, 1.82) is 0 Å². The van der Waals surface area contributed by atoms with Gasteiger partial charge < -0.3 is 29.4 Å². The molecule has 0 aromatic heterocycles. The summed E-state index contributed by atoms with van der Waals surface area (Å²) in [6, 6.07) is 36.9. The van der Waals surface area contributed by atoms with Crippen LogP contribution in [0.25, 0.3) is 12.2 Å². The third-order valence-electron chi connectivity index (χ3n) is 11.7. The molecule has 2 aliphatic heterocycles. The van der Waals surface area contributed by atoms with Gasteiger partial charge in [-0.3, -0.25) is 9.59 Å². The van der Waals surface area contributed by atoms with E-state index >= 15 is 0 Å². The lowest BCUT2D eigenvalue weighted by molar-refractivity contribution is -0.148. The quantitative estimate of drug-likeness (QED) is 0.0876. The van der Waals surface area contributed by atoms with E-state index in [1.165, 1.54) is 17.2 Å². The number of carbonyl (C=O) groups is 4. The first-order valence-corrected chi connectivity index (χ1v) is 23.0. The highest BCUT2D eigenvalue weighted by molar-refractivity contribution is 5.94. The van der Waals surface area contributed by atoms with E-state index in [-0.39, 0.29) is 29.9 Å². The van der Waals surface area contributed by atoms with Crippen molar-refractivity contribution in [2.45, 2.75) is 104 Å². The molecule has 0 bridgehead atoms. The van der Waals surface area contributed by atoms with Crippen LogP contribution in [0.1, 0.15) is 95.4 Å². The summed E-state index contributed by atoms with van der Waals surface area (Å²) in [6.07, 6.45) is 13.0. The van der Waals surface area contributed by atoms with Gasteiger partial charge in [-0.15, -0.1) is 0 Å². The Kier molecular flexibility index (Phi) is 19.1. The maximum absolute atomic E-state index is 12.7. The number of hydrogen-bond acceptors (Lipinski definition) is 7. The highest BCUT2D eigenvalue weighted by atomic mass is 16.6. The molecule has 340 valence electrons. The van der Waals surface area contributed by atoms with Crippen molar-refractivity contribution in [2.75, 3.05) is 49.1 Å². The monoisotopic (exact) mass is 869 g/mol. The first-order valence-electron chi connectivity index (χ1n) is 23.0. The molecule has 10 nitrogen and oxygen atoms in total. The number of anilines is 2. The van der Waals surface area contributed by atoms with Crippen molar-refractivity contribution in [1.82, 2.24) is 9.80 Å². The minimum absolute atomic E-state index is 0.191. The molecule has 2 aliphatic rings. The molecule has 0 saturated carbocycles. The zero-order valence-corrected chi connectivity index (χ0v) is 38.5. The van der Waals surface area contributed by atoms with Gasteiger partial charge in [0.05, 0.1) is 0 Å². The molecule has 2 heterocycles. The summed E-state index contributed by atoms with van der Waals surface area (Å²) < 4.78 is 5.30. The van der Waals surface area contributed by atoms with Crippen LogP contribution >= 0.6 is 0 Å². The molecule has 4 aromatic rings. The summed E-state index contributed by atoms with van der Waals surface area (Å²) in [4.78, 5) is 56.7. The molecule has 2 saturated heterocycles. The Bertz CT molecular complexity index is 2110. The average Bonchev–Trinajstić information content (AvgIpc) is 3.30. The Morgan fingerprint density at radius 1 is 0.594 bits per heavy atom. The number of nitrogens with zero attached hydrogens (tertiary/aromatic N) is 4. The second kappa shape index (κ2) is 24.9. The van der Waals surface area contributed by atoms with Crippen LogP contribution in [0.15, 0.2) is 121 Å². The number of benzene rings is 4. The van der Waals surface area contributed by atoms with Gasteiger partial charge in [-0.25, -0.2) is 9.59 Å². The lowest BCUT2D eigenvalue weighted by Gasteiger charge is -2.38. The number of piperidine rings is 2. The Labute approximate surface area is 381 Å². The molecule has 1 N–H and O–H groups in total. The third-order valence-corrected chi connectivity index (χ3v) is 11.7. The van der Waals surface area contributed by atoms with Crippen LogP contribution in [0.2, 0.25) is 0 Å². The van der Waals surface area contributed by atoms with E-state index in [0.29, 0.717) is 12.8 Å². The summed E-state index contributed by atoms with van der Waals surface area (Å²) >= 11 is 0. The van der Waals surface area contributed by atoms with Gasteiger partial charge in [0.1, 0.15) is 5.60 Å². The summed E-state index contributed by atoms with van der Waals surface area (Å²) in [6.45, 7) is 15.4. The topological polar surface area (TPSA) is 111 Å². The Morgan fingerprint density at radius 3 is 1.31 bits per heavy atom. The van der Waals surface area contributed by atoms with Gasteiger partial charge >= 0.3 is 11.9 Å². The van der Waals surface area contributed by atoms with Gasteiger partial charge in [-0.05, 0) is 118 Å². The fourth-order valence-electron chi connectivity index (χ4n) is 8.27. The van der Waals surface area contributed by atoms with Crippen molar-refractivity contribution in [3.05, 3.63) is 144 Å². The van der Waals surface area contributed by atoms with Crippen molar-refractivity contribution in [2.24, 2.45) is 0 Å². The van der Waals surface area contributed by atoms with Gasteiger partial charge in [0.25, 0.3) is 0 Å². The number of ether oxygens (including phenoxy) is 1. The van der Waals surface area contributed by atoms with E-state index in [2.05, 4.69) is 34.1 Å². The molecular formula is C54H68N4O6. The van der Waals surface area contributed by atoms with Crippen molar-refractivity contribution in [3.8, 4) is 0 Å². The number of rotatable bonds is 16. The predicted octanol–water partition coefficient (Wildman–Crippen LogP) is 9.73. The maximum Gasteiger partial charge on any atom is 0.331 e. The summed E-state index contributed by atoms with van der Waals surface area (Å²) in [5.41, 5.74) is 5.93. The molecule has 2 amide bonds. The fraction of sp³-hybridized carbons (Fsp3) is 0.407. The van der Waals surface area contributed by atoms with Gasteiger partial charge in [-0.2, -0.15) is 0 Å². The van der Waals surface area contributed by atoms with E-state index in [1.54, 1.807) is 12.2 Å². The number of carbonyl (C=O) groups excluding carboxylic acids is 3. The van der Waals surface area contributed by atoms with Crippen LogP contribution in [0.3, 0.4) is 0 Å². The largest absolute Gasteiger partial charge is 0.478 e. The fourth-order valence-corrected chi connectivity index (χ4v) is 8.27. The summed E-state index contributed by atoms with van der Waals surface area (Å²) in [7, 11) is 0. The first-order chi connectivity index (χ1) is 30.8. The molecule has 0 atom stereocenters. The molecule has 0 unspecified atom stereocenters. The van der Waals surface area contributed by atoms with Crippen molar-refractivity contribution in [3.63, 3.8) is 0 Å². The lowest BCUT2D eigenvalue weighted by Crippen LogP contribution is -2.47. The number of carboxylic acids is 1. The Morgan fingerprint density at radius 2 is 0.969 bits per heavy atom. The summed E-state index contributed by atoms with van der Waals surface area (Å²) in [5, 5.41) is 8.71. The number of amides is 2. The summed E-state index contributed by atoms with van der Waals surface area (Å²) in [5.74, 6) is -0.873. The molecule has 0 radical (unpaired) electrons. The van der Waals surface area contributed by atoms with E-state index in [9.17, 15) is 19.2 Å². The second-order valence-corrected chi connectivity index (χ2v) is 17.6. The minimum atomic E-state index is -0.936. The average molecular weight is 869 g/mol. The standard InChI is InChI=1S/C29H38N2O3.C25H30N2O3/c1-5-27(32)31(25-9-7-6-8-10-25)26-18-21-30(22-19-26)20-17-24-13-11-23(12-14-24)15-16-28(33)34-29(2,3)4;1-2-24(28)27(22-6-4-3-5-7-22)23-15-18-26(19-16-23)17-14-21-10-8-20(9-11-21)12-13-25(29)30/h6-16,26H,5,17-22H2,1-4H3;3-13,23H,2,14-19H2,1H3,(H,29,30)/b16-15+;13-12+. The van der Waals surface area contributed by atoms with Crippen LogP contribution in [0.5, 0.6) is 0 Å². The SMILES string of the molecule is CCC(=O)N(c1ccccc1)C1CCN(CCc2ccc(/C=C/C(=O)O)cc2)CC1.CCC(=O)N(c1ccccc1)C1CCN(CCc2ccc(/C=C/C(=O)OC(C)(C)C)cc2)CC1. The van der Waals surface area contributed by atoms with E-state index in [4.69, 9.17) is 9.84 Å². The van der Waals surface area contributed by atoms with Gasteiger partial charge in [-0.1, -0.05) is 98.8 Å². The molecule has 0 aliphatic carbocycles. The minimum Gasteiger partial charge on any atom is -0.478 e. The molecule has 6 rings (SSSR count). The van der Waals surface area contributed by atoms with Gasteiger partial charge in [0.2, 0.25) is 11.8 Å². The third kappa shape index (κ3) is 16.1. The van der Waals surface area contributed by atoms with Crippen molar-refractivity contribution < 1.29 is 29.0 Å². The smallest absolute Gasteiger partial charge is 0.331 e. The number of esters is 1.